The monoisotopic (exact) mass is 476 g/mol. The maximum Gasteiger partial charge on any atom is 0.340 e. The molecular formula is C31H28N2O3. The van der Waals surface area contributed by atoms with Gasteiger partial charge in [-0.2, -0.15) is 0 Å². The van der Waals surface area contributed by atoms with Gasteiger partial charge in [0.25, 0.3) is 0 Å². The van der Waals surface area contributed by atoms with E-state index in [0.717, 1.165) is 41.2 Å². The van der Waals surface area contributed by atoms with Crippen molar-refractivity contribution in [3.05, 3.63) is 113 Å². The summed E-state index contributed by atoms with van der Waals surface area (Å²) in [4.78, 5) is 17.7. The Labute approximate surface area is 211 Å². The van der Waals surface area contributed by atoms with E-state index >= 15 is 0 Å². The van der Waals surface area contributed by atoms with Gasteiger partial charge in [0.15, 0.2) is 5.60 Å². The zero-order valence-corrected chi connectivity index (χ0v) is 20.7. The van der Waals surface area contributed by atoms with E-state index in [0.29, 0.717) is 17.1 Å². The van der Waals surface area contributed by atoms with Gasteiger partial charge in [-0.1, -0.05) is 48.5 Å². The number of esters is 1. The Morgan fingerprint density at radius 2 is 1.42 bits per heavy atom. The van der Waals surface area contributed by atoms with Crippen LogP contribution in [0.4, 0.5) is 17.1 Å². The average molecular weight is 477 g/mol. The highest BCUT2D eigenvalue weighted by Gasteiger charge is 2.54. The molecule has 2 aliphatic rings. The van der Waals surface area contributed by atoms with Gasteiger partial charge in [0.2, 0.25) is 0 Å². The zero-order valence-electron chi connectivity index (χ0n) is 20.7. The first-order valence-electron chi connectivity index (χ1n) is 12.4. The number of benzene rings is 4. The summed E-state index contributed by atoms with van der Waals surface area (Å²) in [5.41, 5.74) is 5.11. The first kappa shape index (κ1) is 22.2. The summed E-state index contributed by atoms with van der Waals surface area (Å²) in [6.07, 6.45) is 0. The lowest BCUT2D eigenvalue weighted by Gasteiger charge is -2.39. The van der Waals surface area contributed by atoms with E-state index in [-0.39, 0.29) is 5.97 Å². The Morgan fingerprint density at radius 3 is 2.22 bits per heavy atom. The summed E-state index contributed by atoms with van der Waals surface area (Å²) in [6.45, 7) is 6.20. The van der Waals surface area contributed by atoms with Crippen LogP contribution in [-0.4, -0.2) is 26.1 Å². The van der Waals surface area contributed by atoms with Gasteiger partial charge in [0.05, 0.1) is 16.8 Å². The van der Waals surface area contributed by atoms with E-state index in [4.69, 9.17) is 9.47 Å². The standard InChI is InChI=1S/C31H28N2O3/c1-4-33(5-2)22-13-10-12-21(20-22)32(3)26-17-11-19-28-29(26)31(25-16-8-9-18-27(25)35-28)24-15-7-6-14-23(24)30(34)36-31/h6-20H,4-5H2,1-3H3. The van der Waals surface area contributed by atoms with Crippen molar-refractivity contribution >= 4 is 23.0 Å². The fourth-order valence-corrected chi connectivity index (χ4v) is 5.57. The van der Waals surface area contributed by atoms with Crippen molar-refractivity contribution in [2.24, 2.45) is 0 Å². The van der Waals surface area contributed by atoms with E-state index in [1.807, 2.05) is 67.7 Å². The molecule has 1 atom stereocenters. The van der Waals surface area contributed by atoms with Gasteiger partial charge in [-0.25, -0.2) is 4.79 Å². The number of hydrogen-bond donors (Lipinski definition) is 0. The predicted octanol–water partition coefficient (Wildman–Crippen LogP) is 6.87. The number of carbonyl (C=O) groups is 1. The molecule has 5 nitrogen and oxygen atoms in total. The number of ether oxygens (including phenoxy) is 2. The Kier molecular flexibility index (Phi) is 5.22. The molecule has 0 fully saturated rings. The molecule has 0 aliphatic carbocycles. The quantitative estimate of drug-likeness (QED) is 0.294. The zero-order chi connectivity index (χ0) is 24.9. The minimum Gasteiger partial charge on any atom is -0.456 e. The van der Waals surface area contributed by atoms with Crippen molar-refractivity contribution in [1.82, 2.24) is 0 Å². The molecule has 0 bridgehead atoms. The van der Waals surface area contributed by atoms with Gasteiger partial charge in [0, 0.05) is 42.6 Å². The maximum absolute atomic E-state index is 13.2. The smallest absolute Gasteiger partial charge is 0.340 e. The Hall–Kier alpha value is -4.25. The topological polar surface area (TPSA) is 42.0 Å². The number of carbonyl (C=O) groups excluding carboxylic acids is 1. The molecule has 0 radical (unpaired) electrons. The summed E-state index contributed by atoms with van der Waals surface area (Å²) in [7, 11) is 2.05. The molecule has 6 rings (SSSR count). The molecule has 1 spiro atoms. The van der Waals surface area contributed by atoms with Crippen LogP contribution in [0.15, 0.2) is 91.0 Å². The summed E-state index contributed by atoms with van der Waals surface area (Å²) in [5.74, 6) is 1.05. The lowest BCUT2D eigenvalue weighted by Crippen LogP contribution is -2.34. The molecule has 0 saturated carbocycles. The Balaban J connectivity index is 1.59. The van der Waals surface area contributed by atoms with Gasteiger partial charge in [-0.05, 0) is 56.3 Å². The largest absolute Gasteiger partial charge is 0.456 e. The van der Waals surface area contributed by atoms with Crippen LogP contribution in [0.3, 0.4) is 0 Å². The van der Waals surface area contributed by atoms with E-state index in [2.05, 4.69) is 54.0 Å². The molecule has 0 saturated heterocycles. The van der Waals surface area contributed by atoms with Crippen molar-refractivity contribution < 1.29 is 14.3 Å². The van der Waals surface area contributed by atoms with Gasteiger partial charge in [0.1, 0.15) is 11.5 Å². The summed E-state index contributed by atoms with van der Waals surface area (Å²) >= 11 is 0. The molecule has 1 unspecified atom stereocenters. The second-order valence-electron chi connectivity index (χ2n) is 9.12. The number of fused-ring (bicyclic) bond motifs is 6. The molecular weight excluding hydrogens is 448 g/mol. The summed E-state index contributed by atoms with van der Waals surface area (Å²) < 4.78 is 12.8. The molecule has 2 heterocycles. The summed E-state index contributed by atoms with van der Waals surface area (Å²) in [6, 6.07) is 30.0. The second kappa shape index (κ2) is 8.45. The van der Waals surface area contributed by atoms with E-state index in [1.165, 1.54) is 5.69 Å². The van der Waals surface area contributed by atoms with E-state index < -0.39 is 5.60 Å². The van der Waals surface area contributed by atoms with Crippen LogP contribution in [0.1, 0.15) is 40.9 Å². The Bertz CT molecular complexity index is 1480. The lowest BCUT2D eigenvalue weighted by atomic mass is 9.77. The third kappa shape index (κ3) is 3.12. The minimum atomic E-state index is -1.10. The van der Waals surface area contributed by atoms with Crippen molar-refractivity contribution in [3.8, 4) is 11.5 Å². The van der Waals surface area contributed by atoms with Crippen LogP contribution < -0.4 is 14.5 Å². The number of rotatable bonds is 5. The summed E-state index contributed by atoms with van der Waals surface area (Å²) in [5, 5.41) is 0. The first-order valence-corrected chi connectivity index (χ1v) is 12.4. The van der Waals surface area contributed by atoms with E-state index in [9.17, 15) is 4.79 Å². The molecule has 0 N–H and O–H groups in total. The van der Waals surface area contributed by atoms with Crippen LogP contribution in [0.2, 0.25) is 0 Å². The fourth-order valence-electron chi connectivity index (χ4n) is 5.57. The van der Waals surface area contributed by atoms with E-state index in [1.54, 1.807) is 0 Å². The van der Waals surface area contributed by atoms with Crippen LogP contribution in [0, 0.1) is 0 Å². The molecule has 2 aliphatic heterocycles. The molecule has 4 aromatic rings. The SMILES string of the molecule is CCN(CC)c1cccc(N(C)c2cccc3c2C2(OC(=O)c4ccccc42)c2ccccc2O3)c1. The van der Waals surface area contributed by atoms with Crippen molar-refractivity contribution in [2.75, 3.05) is 29.9 Å². The van der Waals surface area contributed by atoms with Crippen LogP contribution in [0.25, 0.3) is 0 Å². The van der Waals surface area contributed by atoms with Gasteiger partial charge >= 0.3 is 5.97 Å². The normalized spacial score (nSPS) is 17.0. The van der Waals surface area contributed by atoms with Gasteiger partial charge in [-0.15, -0.1) is 0 Å². The Morgan fingerprint density at radius 1 is 0.750 bits per heavy atom. The number of para-hydroxylation sites is 1. The third-order valence-corrected chi connectivity index (χ3v) is 7.32. The molecule has 4 aromatic carbocycles. The molecule has 5 heteroatoms. The predicted molar refractivity (Wildman–Crippen MR) is 143 cm³/mol. The molecule has 0 aromatic heterocycles. The van der Waals surface area contributed by atoms with Crippen molar-refractivity contribution in [3.63, 3.8) is 0 Å². The highest BCUT2D eigenvalue weighted by atomic mass is 16.6. The highest BCUT2D eigenvalue weighted by molar-refractivity contribution is 5.97. The fraction of sp³-hybridized carbons (Fsp3) is 0.194. The number of hydrogen-bond acceptors (Lipinski definition) is 5. The van der Waals surface area contributed by atoms with Gasteiger partial charge in [-0.3, -0.25) is 0 Å². The average Bonchev–Trinajstić information content (AvgIpc) is 3.21. The number of anilines is 3. The van der Waals surface area contributed by atoms with Crippen LogP contribution >= 0.6 is 0 Å². The lowest BCUT2D eigenvalue weighted by molar-refractivity contribution is 0.0226. The first-order chi connectivity index (χ1) is 17.6. The van der Waals surface area contributed by atoms with Crippen LogP contribution in [-0.2, 0) is 10.3 Å². The highest BCUT2D eigenvalue weighted by Crippen LogP contribution is 2.58. The minimum absolute atomic E-state index is 0.325. The number of nitrogens with zero attached hydrogens (tertiary/aromatic N) is 2. The van der Waals surface area contributed by atoms with Gasteiger partial charge < -0.3 is 19.3 Å². The molecule has 0 amide bonds. The third-order valence-electron chi connectivity index (χ3n) is 7.32. The molecule has 36 heavy (non-hydrogen) atoms. The van der Waals surface area contributed by atoms with Crippen LogP contribution in [0.5, 0.6) is 11.5 Å². The maximum atomic E-state index is 13.2. The van der Waals surface area contributed by atoms with Crippen molar-refractivity contribution in [2.45, 2.75) is 19.4 Å². The van der Waals surface area contributed by atoms with Crippen molar-refractivity contribution in [1.29, 1.82) is 0 Å². The second-order valence-corrected chi connectivity index (χ2v) is 9.12. The molecule has 180 valence electrons.